The first-order valence-electron chi connectivity index (χ1n) is 10.8. The summed E-state index contributed by atoms with van der Waals surface area (Å²) in [4.78, 5) is 73.8. The normalized spacial score (nSPS) is 14.2. The number of aliphatic carboxylic acids is 1. The van der Waals surface area contributed by atoms with Crippen LogP contribution in [0.5, 0.6) is 0 Å². The molecule has 4 unspecified atom stereocenters. The second-order valence-electron chi connectivity index (χ2n) is 7.88. The number of aromatic nitrogens is 4. The number of primary amides is 1. The van der Waals surface area contributed by atoms with E-state index in [-0.39, 0.29) is 25.7 Å². The van der Waals surface area contributed by atoms with Gasteiger partial charge in [-0.1, -0.05) is 0 Å². The van der Waals surface area contributed by atoms with Crippen LogP contribution in [-0.4, -0.2) is 90.5 Å². The lowest BCUT2D eigenvalue weighted by Gasteiger charge is -2.24. The van der Waals surface area contributed by atoms with Crippen molar-refractivity contribution in [2.45, 2.75) is 49.9 Å². The summed E-state index contributed by atoms with van der Waals surface area (Å²) in [6.07, 6.45) is 5.07. The number of rotatable bonds is 15. The Hall–Kier alpha value is -4.31. The van der Waals surface area contributed by atoms with Crippen molar-refractivity contribution in [2.24, 2.45) is 11.5 Å². The Labute approximate surface area is 204 Å². The van der Waals surface area contributed by atoms with Gasteiger partial charge in [0, 0.05) is 43.0 Å². The molecule has 11 N–H and O–H groups in total. The third-order valence-corrected chi connectivity index (χ3v) is 5.05. The lowest BCUT2D eigenvalue weighted by Crippen LogP contribution is -2.58. The summed E-state index contributed by atoms with van der Waals surface area (Å²) < 4.78 is 0. The van der Waals surface area contributed by atoms with Gasteiger partial charge in [-0.15, -0.1) is 0 Å². The fourth-order valence-electron chi connectivity index (χ4n) is 3.11. The minimum absolute atomic E-state index is 0.0956. The number of nitrogens with two attached hydrogens (primary N) is 2. The van der Waals surface area contributed by atoms with E-state index in [1.807, 2.05) is 0 Å². The summed E-state index contributed by atoms with van der Waals surface area (Å²) in [6, 6.07) is -5.27. The first kappa shape index (κ1) is 27.9. The highest BCUT2D eigenvalue weighted by Gasteiger charge is 2.30. The first-order valence-corrected chi connectivity index (χ1v) is 10.8. The van der Waals surface area contributed by atoms with Crippen molar-refractivity contribution in [1.29, 1.82) is 0 Å². The van der Waals surface area contributed by atoms with Crippen LogP contribution in [0.4, 0.5) is 0 Å². The molecule has 2 aromatic rings. The largest absolute Gasteiger partial charge is 0.480 e. The second-order valence-corrected chi connectivity index (χ2v) is 7.88. The van der Waals surface area contributed by atoms with E-state index in [2.05, 4.69) is 35.9 Å². The Kier molecular flexibility index (Phi) is 10.5. The maximum absolute atomic E-state index is 12.9. The zero-order valence-corrected chi connectivity index (χ0v) is 19.1. The molecule has 0 aromatic carbocycles. The molecule has 0 bridgehead atoms. The van der Waals surface area contributed by atoms with Gasteiger partial charge in [-0.25, -0.2) is 14.8 Å². The minimum Gasteiger partial charge on any atom is -0.480 e. The van der Waals surface area contributed by atoms with Crippen LogP contribution in [0.2, 0.25) is 0 Å². The summed E-state index contributed by atoms with van der Waals surface area (Å²) in [5, 5.41) is 26.0. The van der Waals surface area contributed by atoms with Crippen molar-refractivity contribution in [3.8, 4) is 0 Å². The molecular weight excluding hydrogens is 478 g/mol. The number of H-pyrrole nitrogens is 2. The van der Waals surface area contributed by atoms with Crippen LogP contribution in [0.15, 0.2) is 25.0 Å². The van der Waals surface area contributed by atoms with Crippen LogP contribution < -0.4 is 27.4 Å². The van der Waals surface area contributed by atoms with Crippen molar-refractivity contribution in [3.63, 3.8) is 0 Å². The smallest absolute Gasteiger partial charge is 0.326 e. The summed E-state index contributed by atoms with van der Waals surface area (Å²) in [7, 11) is 0. The van der Waals surface area contributed by atoms with E-state index in [1.54, 1.807) is 0 Å². The second kappa shape index (κ2) is 13.5. The van der Waals surface area contributed by atoms with Crippen LogP contribution in [0.1, 0.15) is 24.2 Å². The molecule has 0 aliphatic rings. The molecule has 2 heterocycles. The molecular formula is C20H29N9O7. The number of carbonyl (C=O) groups is 5. The molecule has 0 saturated carbocycles. The molecule has 0 spiro atoms. The molecule has 0 aliphatic heterocycles. The Bertz CT molecular complexity index is 1030. The topological polar surface area (TPSA) is 271 Å². The molecule has 2 aromatic heterocycles. The number of nitrogens with zero attached hydrogens (tertiary/aromatic N) is 2. The maximum atomic E-state index is 12.9. The van der Waals surface area contributed by atoms with Gasteiger partial charge in [-0.2, -0.15) is 0 Å². The average molecular weight is 508 g/mol. The van der Waals surface area contributed by atoms with Gasteiger partial charge < -0.3 is 47.6 Å². The lowest BCUT2D eigenvalue weighted by molar-refractivity contribution is -0.142. The zero-order chi connectivity index (χ0) is 26.7. The fraction of sp³-hybridized carbons (Fsp3) is 0.450. The minimum atomic E-state index is -1.45. The highest BCUT2D eigenvalue weighted by Crippen LogP contribution is 2.04. The van der Waals surface area contributed by atoms with E-state index in [9.17, 15) is 34.2 Å². The van der Waals surface area contributed by atoms with Gasteiger partial charge in [-0.3, -0.25) is 19.2 Å². The molecule has 0 fully saturated rings. The molecule has 16 nitrogen and oxygen atoms in total. The van der Waals surface area contributed by atoms with Crippen LogP contribution in [-0.2, 0) is 36.8 Å². The van der Waals surface area contributed by atoms with Gasteiger partial charge in [0.2, 0.25) is 23.6 Å². The number of aliphatic hydroxyl groups is 1. The number of aliphatic hydroxyl groups excluding tert-OH is 1. The number of imidazole rings is 2. The number of hydrogen-bond donors (Lipinski definition) is 9. The molecule has 36 heavy (non-hydrogen) atoms. The highest BCUT2D eigenvalue weighted by atomic mass is 16.4. The fourth-order valence-corrected chi connectivity index (χ4v) is 3.11. The Morgan fingerprint density at radius 3 is 1.89 bits per heavy atom. The Morgan fingerprint density at radius 1 is 0.861 bits per heavy atom. The number of carboxylic acids is 1. The molecule has 196 valence electrons. The summed E-state index contributed by atoms with van der Waals surface area (Å²) >= 11 is 0. The molecule has 16 heteroatoms. The summed E-state index contributed by atoms with van der Waals surface area (Å²) in [6.45, 7) is -0.802. The van der Waals surface area contributed by atoms with Crippen LogP contribution in [0.25, 0.3) is 0 Å². The molecule has 4 atom stereocenters. The predicted octanol–water partition coefficient (Wildman–Crippen LogP) is -3.96. The monoisotopic (exact) mass is 507 g/mol. The van der Waals surface area contributed by atoms with Gasteiger partial charge in [0.15, 0.2) is 0 Å². The summed E-state index contributed by atoms with van der Waals surface area (Å²) in [5.41, 5.74) is 11.9. The number of carbonyl (C=O) groups excluding carboxylic acids is 4. The van der Waals surface area contributed by atoms with E-state index < -0.39 is 60.4 Å². The van der Waals surface area contributed by atoms with E-state index in [0.29, 0.717) is 11.4 Å². The Morgan fingerprint density at radius 2 is 1.39 bits per heavy atom. The SMILES string of the molecule is NC(=O)CCC(NC(=O)C(Cc1cnc[nH]1)NC(=O)C(CO)NC(=O)C(N)Cc1cnc[nH]1)C(=O)O. The summed E-state index contributed by atoms with van der Waals surface area (Å²) in [5.74, 6) is -4.67. The van der Waals surface area contributed by atoms with Crippen LogP contribution in [0, 0.1) is 0 Å². The van der Waals surface area contributed by atoms with Gasteiger partial charge in [-0.05, 0) is 6.42 Å². The third-order valence-electron chi connectivity index (χ3n) is 5.05. The highest BCUT2D eigenvalue weighted by molar-refractivity contribution is 5.94. The van der Waals surface area contributed by atoms with E-state index in [0.717, 1.165) is 0 Å². The van der Waals surface area contributed by atoms with Crippen LogP contribution >= 0.6 is 0 Å². The van der Waals surface area contributed by atoms with Gasteiger partial charge in [0.25, 0.3) is 0 Å². The van der Waals surface area contributed by atoms with E-state index >= 15 is 0 Å². The number of nitrogens with one attached hydrogen (secondary N) is 5. The molecule has 4 amide bonds. The molecule has 0 aliphatic carbocycles. The van der Waals surface area contributed by atoms with Crippen molar-refractivity contribution in [3.05, 3.63) is 36.4 Å². The standard InChI is InChI=1S/C20H29N9O7/c21-12(3-10-5-23-8-25-10)17(32)29-15(7-30)19(34)28-14(4-11-6-24-9-26-11)18(33)27-13(20(35)36)1-2-16(22)31/h5-6,8-9,12-15,30H,1-4,7,21H2,(H2,22,31)(H,23,25)(H,24,26)(H,27,33)(H,28,34)(H,29,32)(H,35,36). The molecule has 0 radical (unpaired) electrons. The quantitative estimate of drug-likeness (QED) is 0.113. The van der Waals surface area contributed by atoms with Gasteiger partial charge in [0.05, 0.1) is 25.3 Å². The van der Waals surface area contributed by atoms with E-state index in [4.69, 9.17) is 11.5 Å². The third kappa shape index (κ3) is 8.80. The maximum Gasteiger partial charge on any atom is 0.326 e. The predicted molar refractivity (Wildman–Crippen MR) is 122 cm³/mol. The first-order chi connectivity index (χ1) is 17.1. The average Bonchev–Trinajstić information content (AvgIpc) is 3.53. The lowest BCUT2D eigenvalue weighted by atomic mass is 10.1. The van der Waals surface area contributed by atoms with Crippen molar-refractivity contribution < 1.29 is 34.2 Å². The van der Waals surface area contributed by atoms with Gasteiger partial charge >= 0.3 is 5.97 Å². The number of hydrogen-bond acceptors (Lipinski definition) is 9. The number of carboxylic acid groups (broad SMARTS) is 1. The van der Waals surface area contributed by atoms with E-state index in [1.165, 1.54) is 25.0 Å². The zero-order valence-electron chi connectivity index (χ0n) is 19.1. The van der Waals surface area contributed by atoms with Crippen molar-refractivity contribution in [1.82, 2.24) is 35.9 Å². The van der Waals surface area contributed by atoms with Crippen LogP contribution in [0.3, 0.4) is 0 Å². The van der Waals surface area contributed by atoms with Crippen molar-refractivity contribution >= 4 is 29.6 Å². The van der Waals surface area contributed by atoms with Crippen molar-refractivity contribution in [2.75, 3.05) is 6.61 Å². The molecule has 2 rings (SSSR count). The van der Waals surface area contributed by atoms with Gasteiger partial charge in [0.1, 0.15) is 18.1 Å². The Balaban J connectivity index is 2.08. The molecule has 0 saturated heterocycles. The number of amides is 4. The number of aromatic amines is 2.